The molecule has 1 aromatic rings. The molecule has 2 N–H and O–H groups in total. The molecule has 0 bridgehead atoms. The van der Waals surface area contributed by atoms with Crippen LogP contribution < -0.4 is 5.32 Å². The molecule has 0 spiro atoms. The molecule has 90 valence electrons. The average Bonchev–Trinajstić information content (AvgIpc) is 2.69. The Bertz CT molecular complexity index is 321. The SMILES string of the molecule is Cn1cccc1C(=O)NCCCCCCO. The van der Waals surface area contributed by atoms with Gasteiger partial charge in [0.1, 0.15) is 5.69 Å². The Morgan fingerprint density at radius 1 is 1.38 bits per heavy atom. The molecule has 16 heavy (non-hydrogen) atoms. The topological polar surface area (TPSA) is 54.3 Å². The van der Waals surface area contributed by atoms with E-state index in [0.29, 0.717) is 12.2 Å². The van der Waals surface area contributed by atoms with Gasteiger partial charge in [-0.25, -0.2) is 0 Å². The molecule has 0 aromatic carbocycles. The fourth-order valence-corrected chi connectivity index (χ4v) is 1.58. The second-order valence-corrected chi connectivity index (χ2v) is 3.90. The lowest BCUT2D eigenvalue weighted by atomic mass is 10.2. The van der Waals surface area contributed by atoms with Gasteiger partial charge in [-0.1, -0.05) is 12.8 Å². The smallest absolute Gasteiger partial charge is 0.267 e. The summed E-state index contributed by atoms with van der Waals surface area (Å²) in [6, 6.07) is 3.66. The van der Waals surface area contributed by atoms with E-state index in [0.717, 1.165) is 25.7 Å². The second kappa shape index (κ2) is 7.06. The minimum Gasteiger partial charge on any atom is -0.396 e. The molecule has 4 nitrogen and oxygen atoms in total. The summed E-state index contributed by atoms with van der Waals surface area (Å²) in [5.41, 5.74) is 0.690. The highest BCUT2D eigenvalue weighted by Gasteiger charge is 2.06. The summed E-state index contributed by atoms with van der Waals surface area (Å²) in [5, 5.41) is 11.5. The van der Waals surface area contributed by atoms with Crippen molar-refractivity contribution in [2.75, 3.05) is 13.2 Å². The molecular weight excluding hydrogens is 204 g/mol. The van der Waals surface area contributed by atoms with E-state index in [1.165, 1.54) is 0 Å². The number of carbonyl (C=O) groups excluding carboxylic acids is 1. The van der Waals surface area contributed by atoms with E-state index < -0.39 is 0 Å². The first-order valence-electron chi connectivity index (χ1n) is 5.76. The maximum absolute atomic E-state index is 11.6. The lowest BCUT2D eigenvalue weighted by Crippen LogP contribution is -2.26. The van der Waals surface area contributed by atoms with Crippen molar-refractivity contribution >= 4 is 5.91 Å². The second-order valence-electron chi connectivity index (χ2n) is 3.90. The Kier molecular flexibility index (Phi) is 5.64. The number of aliphatic hydroxyl groups excluding tert-OH is 1. The van der Waals surface area contributed by atoms with E-state index in [9.17, 15) is 4.79 Å². The molecule has 4 heteroatoms. The van der Waals surface area contributed by atoms with Crippen molar-refractivity contribution in [3.05, 3.63) is 24.0 Å². The van der Waals surface area contributed by atoms with Gasteiger partial charge in [-0.3, -0.25) is 4.79 Å². The molecule has 0 aliphatic heterocycles. The summed E-state index contributed by atoms with van der Waals surface area (Å²) < 4.78 is 1.81. The van der Waals surface area contributed by atoms with Gasteiger partial charge in [-0.15, -0.1) is 0 Å². The predicted octanol–water partition coefficient (Wildman–Crippen LogP) is 1.31. The molecule has 0 saturated carbocycles. The van der Waals surface area contributed by atoms with Crippen LogP contribution in [0.5, 0.6) is 0 Å². The van der Waals surface area contributed by atoms with Crippen molar-refractivity contribution in [1.29, 1.82) is 0 Å². The van der Waals surface area contributed by atoms with Crippen LogP contribution in [0.25, 0.3) is 0 Å². The Labute approximate surface area is 96.3 Å². The molecule has 1 aromatic heterocycles. The number of aromatic nitrogens is 1. The van der Waals surface area contributed by atoms with E-state index in [4.69, 9.17) is 5.11 Å². The van der Waals surface area contributed by atoms with Crippen molar-refractivity contribution in [3.63, 3.8) is 0 Å². The van der Waals surface area contributed by atoms with Gasteiger partial charge in [-0.2, -0.15) is 0 Å². The highest BCUT2D eigenvalue weighted by molar-refractivity contribution is 5.92. The van der Waals surface area contributed by atoms with E-state index in [-0.39, 0.29) is 12.5 Å². The molecule has 0 unspecified atom stereocenters. The van der Waals surface area contributed by atoms with Gasteiger partial charge in [0.2, 0.25) is 0 Å². The summed E-state index contributed by atoms with van der Waals surface area (Å²) in [4.78, 5) is 11.6. The third-order valence-electron chi connectivity index (χ3n) is 2.55. The Morgan fingerprint density at radius 3 is 2.75 bits per heavy atom. The van der Waals surface area contributed by atoms with Crippen LogP contribution in [-0.4, -0.2) is 28.7 Å². The van der Waals surface area contributed by atoms with Crippen molar-refractivity contribution < 1.29 is 9.90 Å². The van der Waals surface area contributed by atoms with Gasteiger partial charge < -0.3 is 15.0 Å². The zero-order valence-corrected chi connectivity index (χ0v) is 9.78. The van der Waals surface area contributed by atoms with Gasteiger partial charge in [-0.05, 0) is 25.0 Å². The van der Waals surface area contributed by atoms with Crippen molar-refractivity contribution in [2.24, 2.45) is 7.05 Å². The maximum Gasteiger partial charge on any atom is 0.267 e. The van der Waals surface area contributed by atoms with Crippen LogP contribution in [0.2, 0.25) is 0 Å². The maximum atomic E-state index is 11.6. The summed E-state index contributed by atoms with van der Waals surface area (Å²) >= 11 is 0. The number of hydrogen-bond acceptors (Lipinski definition) is 2. The number of rotatable bonds is 7. The van der Waals surface area contributed by atoms with Crippen molar-refractivity contribution in [1.82, 2.24) is 9.88 Å². The van der Waals surface area contributed by atoms with Crippen molar-refractivity contribution in [3.8, 4) is 0 Å². The first-order chi connectivity index (χ1) is 7.75. The monoisotopic (exact) mass is 224 g/mol. The number of nitrogens with one attached hydrogen (secondary N) is 1. The van der Waals surface area contributed by atoms with Crippen LogP contribution in [0.15, 0.2) is 18.3 Å². The molecule has 0 fully saturated rings. The molecule has 1 rings (SSSR count). The summed E-state index contributed by atoms with van der Waals surface area (Å²) in [6.07, 6.45) is 5.75. The Morgan fingerprint density at radius 2 is 2.12 bits per heavy atom. The largest absolute Gasteiger partial charge is 0.396 e. The molecule has 0 aliphatic carbocycles. The molecule has 1 heterocycles. The highest BCUT2D eigenvalue weighted by atomic mass is 16.2. The quantitative estimate of drug-likeness (QED) is 0.686. The fourth-order valence-electron chi connectivity index (χ4n) is 1.58. The zero-order valence-electron chi connectivity index (χ0n) is 9.78. The molecule has 0 saturated heterocycles. The Balaban J connectivity index is 2.14. The number of hydrogen-bond donors (Lipinski definition) is 2. The van der Waals surface area contributed by atoms with E-state index >= 15 is 0 Å². The number of nitrogens with zero attached hydrogens (tertiary/aromatic N) is 1. The number of aryl methyl sites for hydroxylation is 1. The Hall–Kier alpha value is -1.29. The average molecular weight is 224 g/mol. The van der Waals surface area contributed by atoms with Crippen LogP contribution >= 0.6 is 0 Å². The third-order valence-corrected chi connectivity index (χ3v) is 2.55. The van der Waals surface area contributed by atoms with Gasteiger partial charge in [0.15, 0.2) is 0 Å². The summed E-state index contributed by atoms with van der Waals surface area (Å²) in [6.45, 7) is 0.963. The molecular formula is C12H20N2O2. The molecule has 0 radical (unpaired) electrons. The number of unbranched alkanes of at least 4 members (excludes halogenated alkanes) is 3. The third kappa shape index (κ3) is 4.06. The zero-order chi connectivity index (χ0) is 11.8. The van der Waals surface area contributed by atoms with Gasteiger partial charge >= 0.3 is 0 Å². The molecule has 1 amide bonds. The van der Waals surface area contributed by atoms with Crippen LogP contribution in [0.4, 0.5) is 0 Å². The minimum atomic E-state index is -0.0188. The fraction of sp³-hybridized carbons (Fsp3) is 0.583. The van der Waals surface area contributed by atoms with Gasteiger partial charge in [0.05, 0.1) is 0 Å². The lowest BCUT2D eigenvalue weighted by molar-refractivity contribution is 0.0944. The summed E-state index contributed by atoms with van der Waals surface area (Å²) in [5.74, 6) is -0.0188. The van der Waals surface area contributed by atoms with E-state index in [2.05, 4.69) is 5.32 Å². The van der Waals surface area contributed by atoms with Crippen LogP contribution in [-0.2, 0) is 7.05 Å². The van der Waals surface area contributed by atoms with Crippen LogP contribution in [0.3, 0.4) is 0 Å². The highest BCUT2D eigenvalue weighted by Crippen LogP contribution is 2.00. The molecule has 0 aliphatic rings. The number of amides is 1. The van der Waals surface area contributed by atoms with E-state index in [1.54, 1.807) is 10.6 Å². The van der Waals surface area contributed by atoms with Gasteiger partial charge in [0.25, 0.3) is 5.91 Å². The number of aliphatic hydroxyl groups is 1. The lowest BCUT2D eigenvalue weighted by Gasteiger charge is -2.05. The summed E-state index contributed by atoms with van der Waals surface area (Å²) in [7, 11) is 1.86. The number of carbonyl (C=O) groups is 1. The van der Waals surface area contributed by atoms with Gasteiger partial charge in [0, 0.05) is 26.4 Å². The minimum absolute atomic E-state index is 0.0188. The first-order valence-corrected chi connectivity index (χ1v) is 5.76. The predicted molar refractivity (Wildman–Crippen MR) is 63.3 cm³/mol. The van der Waals surface area contributed by atoms with Crippen LogP contribution in [0.1, 0.15) is 36.2 Å². The molecule has 0 atom stereocenters. The van der Waals surface area contributed by atoms with Crippen LogP contribution in [0, 0.1) is 0 Å². The van der Waals surface area contributed by atoms with Crippen molar-refractivity contribution in [2.45, 2.75) is 25.7 Å². The standard InChI is InChI=1S/C12H20N2O2/c1-14-9-6-7-11(14)12(16)13-8-4-2-3-5-10-15/h6-7,9,15H,2-5,8,10H2,1H3,(H,13,16). The van der Waals surface area contributed by atoms with E-state index in [1.807, 2.05) is 19.3 Å². The normalized spacial score (nSPS) is 10.4. The first kappa shape index (κ1) is 12.8.